The Bertz CT molecular complexity index is 872. The molecule has 3 aliphatic rings. The molecule has 1 saturated carbocycles. The van der Waals surface area contributed by atoms with Crippen molar-refractivity contribution in [2.75, 3.05) is 29.9 Å². The van der Waals surface area contributed by atoms with Crippen LogP contribution in [0.3, 0.4) is 0 Å². The smallest absolute Gasteiger partial charge is 0.229 e. The molecule has 0 radical (unpaired) electrons. The molecule has 0 amide bonds. The Labute approximate surface area is 165 Å². The molecule has 1 unspecified atom stereocenters. The van der Waals surface area contributed by atoms with E-state index in [9.17, 15) is 0 Å². The van der Waals surface area contributed by atoms with E-state index in [4.69, 9.17) is 10.2 Å². The first kappa shape index (κ1) is 17.4. The van der Waals surface area contributed by atoms with Crippen LogP contribution in [0.15, 0.2) is 24.7 Å². The molecule has 8 heteroatoms. The van der Waals surface area contributed by atoms with Gasteiger partial charge in [-0.05, 0) is 31.2 Å². The number of rotatable bonds is 5. The van der Waals surface area contributed by atoms with Gasteiger partial charge in [-0.2, -0.15) is 15.3 Å². The van der Waals surface area contributed by atoms with Gasteiger partial charge in [0.2, 0.25) is 5.95 Å². The van der Waals surface area contributed by atoms with Crippen LogP contribution in [-0.2, 0) is 7.05 Å². The van der Waals surface area contributed by atoms with E-state index < -0.39 is 0 Å². The lowest BCUT2D eigenvalue weighted by Crippen LogP contribution is -2.61. The van der Waals surface area contributed by atoms with Gasteiger partial charge in [0.1, 0.15) is 5.82 Å². The van der Waals surface area contributed by atoms with Crippen LogP contribution in [0.5, 0.6) is 0 Å². The average molecular weight is 378 g/mol. The third-order valence-corrected chi connectivity index (χ3v) is 6.33. The molecule has 4 heterocycles. The molecule has 3 fully saturated rings. The average Bonchev–Trinajstić information content (AvgIpc) is 3.32. The molecule has 2 bridgehead atoms. The molecule has 0 spiro atoms. The molecule has 5 rings (SSSR count). The maximum Gasteiger partial charge on any atom is 0.229 e. The predicted octanol–water partition coefficient (Wildman–Crippen LogP) is 2.16. The number of aryl methyl sites for hydroxylation is 1. The fourth-order valence-electron chi connectivity index (χ4n) is 4.76. The third-order valence-electron chi connectivity index (χ3n) is 6.33. The van der Waals surface area contributed by atoms with E-state index in [1.165, 1.54) is 19.3 Å². The van der Waals surface area contributed by atoms with Gasteiger partial charge < -0.3 is 10.2 Å². The van der Waals surface area contributed by atoms with E-state index in [-0.39, 0.29) is 0 Å². The second-order valence-corrected chi connectivity index (χ2v) is 8.34. The van der Waals surface area contributed by atoms with Gasteiger partial charge >= 0.3 is 0 Å². The number of hydrogen-bond donors (Lipinski definition) is 1. The number of nitrogens with one attached hydrogen (secondary N) is 1. The Hall–Kier alpha value is -2.66. The Morgan fingerprint density at radius 1 is 1.29 bits per heavy atom. The van der Waals surface area contributed by atoms with Crippen molar-refractivity contribution in [3.05, 3.63) is 24.7 Å². The molecule has 0 aromatic carbocycles. The number of hydrogen-bond acceptors (Lipinski definition) is 7. The first-order chi connectivity index (χ1) is 13.7. The van der Waals surface area contributed by atoms with E-state index in [0.29, 0.717) is 29.9 Å². The van der Waals surface area contributed by atoms with Crippen molar-refractivity contribution in [3.63, 3.8) is 0 Å². The van der Waals surface area contributed by atoms with Crippen LogP contribution in [-0.4, -0.2) is 56.4 Å². The van der Waals surface area contributed by atoms with Gasteiger partial charge in [0.05, 0.1) is 23.9 Å². The summed E-state index contributed by atoms with van der Waals surface area (Å²) >= 11 is 0. The maximum atomic E-state index is 9.13. The number of nitriles is 1. The zero-order valence-electron chi connectivity index (χ0n) is 16.2. The molecule has 1 aliphatic carbocycles. The summed E-state index contributed by atoms with van der Waals surface area (Å²) in [7, 11) is 1.89. The standard InChI is InChI=1S/C20H26N8/c1-26-11-16(9-23-26)24-20-22-6-5-19(25-20)27-12-17-3-2-4-18(13-27)28(17)10-15-7-14(15)8-21/h5-6,9,11,14-15,17-18H,2-4,7,10,12-13H2,1H3,(H,22,24,25)/t14-,15?,17-,18+/m0/s1. The normalized spacial score (nSPS) is 29.4. The second kappa shape index (κ2) is 7.06. The van der Waals surface area contributed by atoms with Crippen LogP contribution in [0.2, 0.25) is 0 Å². The molecule has 2 aromatic heterocycles. The van der Waals surface area contributed by atoms with E-state index >= 15 is 0 Å². The number of aromatic nitrogens is 4. The minimum Gasteiger partial charge on any atom is -0.353 e. The van der Waals surface area contributed by atoms with Crippen LogP contribution < -0.4 is 10.2 Å². The summed E-state index contributed by atoms with van der Waals surface area (Å²) < 4.78 is 1.75. The van der Waals surface area contributed by atoms with Gasteiger partial charge in [0, 0.05) is 51.2 Å². The molecule has 4 atom stereocenters. The van der Waals surface area contributed by atoms with Gasteiger partial charge in [-0.3, -0.25) is 9.58 Å². The van der Waals surface area contributed by atoms with Crippen LogP contribution in [0.1, 0.15) is 25.7 Å². The number of nitrogens with zero attached hydrogens (tertiary/aromatic N) is 7. The zero-order valence-corrected chi connectivity index (χ0v) is 16.2. The highest BCUT2D eigenvalue weighted by Gasteiger charge is 2.44. The molecule has 1 N–H and O–H groups in total. The van der Waals surface area contributed by atoms with Crippen LogP contribution in [0, 0.1) is 23.2 Å². The van der Waals surface area contributed by atoms with Gasteiger partial charge in [-0.1, -0.05) is 6.42 Å². The fourth-order valence-corrected chi connectivity index (χ4v) is 4.76. The molecule has 2 aliphatic heterocycles. The monoisotopic (exact) mass is 378 g/mol. The molecule has 146 valence electrons. The zero-order chi connectivity index (χ0) is 19.1. The minimum atomic E-state index is 0.293. The topological polar surface area (TPSA) is 85.9 Å². The third kappa shape index (κ3) is 3.42. The summed E-state index contributed by atoms with van der Waals surface area (Å²) in [6.07, 6.45) is 10.4. The Morgan fingerprint density at radius 3 is 2.79 bits per heavy atom. The highest BCUT2D eigenvalue weighted by Crippen LogP contribution is 2.41. The van der Waals surface area contributed by atoms with Crippen molar-refractivity contribution in [1.29, 1.82) is 5.26 Å². The molecule has 8 nitrogen and oxygen atoms in total. The van der Waals surface area contributed by atoms with Crippen molar-refractivity contribution in [1.82, 2.24) is 24.6 Å². The summed E-state index contributed by atoms with van der Waals surface area (Å²) in [6, 6.07) is 5.58. The van der Waals surface area contributed by atoms with Gasteiger partial charge in [-0.15, -0.1) is 0 Å². The molecule has 2 aromatic rings. The lowest BCUT2D eigenvalue weighted by Gasteiger charge is -2.50. The number of piperidine rings is 1. The lowest BCUT2D eigenvalue weighted by molar-refractivity contribution is 0.0600. The maximum absolute atomic E-state index is 9.13. The Morgan fingerprint density at radius 2 is 2.11 bits per heavy atom. The molecular weight excluding hydrogens is 352 g/mol. The van der Waals surface area contributed by atoms with E-state index in [1.807, 2.05) is 25.5 Å². The summed E-state index contributed by atoms with van der Waals surface area (Å²) in [6.45, 7) is 3.10. The number of piperazine rings is 1. The van der Waals surface area contributed by atoms with Crippen LogP contribution >= 0.6 is 0 Å². The molecular formula is C20H26N8. The van der Waals surface area contributed by atoms with Gasteiger partial charge in [0.25, 0.3) is 0 Å². The van der Waals surface area contributed by atoms with Gasteiger partial charge in [-0.25, -0.2) is 4.98 Å². The van der Waals surface area contributed by atoms with Crippen molar-refractivity contribution >= 4 is 17.5 Å². The summed E-state index contributed by atoms with van der Waals surface area (Å²) in [4.78, 5) is 14.2. The van der Waals surface area contributed by atoms with Crippen molar-refractivity contribution in [2.24, 2.45) is 18.9 Å². The van der Waals surface area contributed by atoms with E-state index in [0.717, 1.165) is 37.6 Å². The van der Waals surface area contributed by atoms with E-state index in [2.05, 4.69) is 31.3 Å². The van der Waals surface area contributed by atoms with E-state index in [1.54, 1.807) is 10.9 Å². The number of anilines is 3. The second-order valence-electron chi connectivity index (χ2n) is 8.34. The van der Waals surface area contributed by atoms with Crippen LogP contribution in [0.25, 0.3) is 0 Å². The van der Waals surface area contributed by atoms with Crippen LogP contribution in [0.4, 0.5) is 17.5 Å². The van der Waals surface area contributed by atoms with Gasteiger partial charge in [0.15, 0.2) is 0 Å². The highest BCUT2D eigenvalue weighted by molar-refractivity contribution is 5.53. The lowest BCUT2D eigenvalue weighted by atomic mass is 9.90. The first-order valence-electron chi connectivity index (χ1n) is 10.2. The largest absolute Gasteiger partial charge is 0.353 e. The summed E-state index contributed by atoms with van der Waals surface area (Å²) in [5.74, 6) is 2.47. The van der Waals surface area contributed by atoms with Crippen molar-refractivity contribution in [2.45, 2.75) is 37.8 Å². The SMILES string of the molecule is Cn1cc(Nc2nccc(N3C[C@H]4CCC[C@@H](C3)N4CC3C[C@H]3C#N)n2)cn1. The quantitative estimate of drug-likeness (QED) is 0.853. The molecule has 28 heavy (non-hydrogen) atoms. The summed E-state index contributed by atoms with van der Waals surface area (Å²) in [5.41, 5.74) is 0.887. The predicted molar refractivity (Wildman–Crippen MR) is 106 cm³/mol. The number of fused-ring (bicyclic) bond motifs is 2. The minimum absolute atomic E-state index is 0.293. The Balaban J connectivity index is 1.29. The fraction of sp³-hybridized carbons (Fsp3) is 0.600. The Kier molecular flexibility index (Phi) is 4.40. The summed E-state index contributed by atoms with van der Waals surface area (Å²) in [5, 5.41) is 16.5. The van der Waals surface area contributed by atoms with Crippen molar-refractivity contribution < 1.29 is 0 Å². The first-order valence-corrected chi connectivity index (χ1v) is 10.2. The molecule has 2 saturated heterocycles. The highest BCUT2D eigenvalue weighted by atomic mass is 15.3. The van der Waals surface area contributed by atoms with Crippen molar-refractivity contribution in [3.8, 4) is 6.07 Å².